The van der Waals surface area contributed by atoms with E-state index in [1.54, 1.807) is 0 Å². The van der Waals surface area contributed by atoms with Crippen LogP contribution in [0, 0.1) is 12.3 Å². The molecule has 1 aliphatic heterocycles. The lowest BCUT2D eigenvalue weighted by Crippen LogP contribution is -2.45. The Morgan fingerprint density at radius 1 is 1.77 bits per heavy atom. The Balaban J connectivity index is 2.25. The van der Waals surface area contributed by atoms with Crippen molar-refractivity contribution in [2.75, 3.05) is 6.54 Å². The molecule has 1 rings (SSSR count). The molecular formula is C9H12N2O2. The zero-order valence-electron chi connectivity index (χ0n) is 7.30. The highest BCUT2D eigenvalue weighted by atomic mass is 16.2. The summed E-state index contributed by atoms with van der Waals surface area (Å²) in [5.74, 6) is 1.57. The second-order valence-corrected chi connectivity index (χ2v) is 3.01. The Bertz CT molecular complexity index is 255. The summed E-state index contributed by atoms with van der Waals surface area (Å²) < 4.78 is 0. The average Bonchev–Trinajstić information content (AvgIpc) is 2.14. The average molecular weight is 180 g/mol. The number of amides is 2. The van der Waals surface area contributed by atoms with E-state index < -0.39 is 5.91 Å². The predicted molar refractivity (Wildman–Crippen MR) is 47.6 cm³/mol. The molecular weight excluding hydrogens is 168 g/mol. The van der Waals surface area contributed by atoms with Gasteiger partial charge in [-0.05, 0) is 18.8 Å². The highest BCUT2D eigenvalue weighted by Gasteiger charge is 2.17. The maximum absolute atomic E-state index is 10.9. The van der Waals surface area contributed by atoms with Crippen LogP contribution in [0.1, 0.15) is 19.3 Å². The minimum atomic E-state index is -0.431. The molecule has 2 N–H and O–H groups in total. The first-order valence-electron chi connectivity index (χ1n) is 4.26. The summed E-state index contributed by atoms with van der Waals surface area (Å²) in [4.78, 5) is 21.6. The second kappa shape index (κ2) is 4.51. The van der Waals surface area contributed by atoms with E-state index in [1.807, 2.05) is 5.92 Å². The Morgan fingerprint density at radius 2 is 2.54 bits per heavy atom. The maximum atomic E-state index is 10.9. The molecule has 1 unspecified atom stereocenters. The Kier molecular flexibility index (Phi) is 3.32. The molecule has 1 saturated heterocycles. The lowest BCUT2D eigenvalue weighted by Gasteiger charge is -2.22. The summed E-state index contributed by atoms with van der Waals surface area (Å²) in [7, 11) is 0. The maximum Gasteiger partial charge on any atom is 0.295 e. The lowest BCUT2D eigenvalue weighted by atomic mass is 10.0. The number of nitrogens with one attached hydrogen (secondary N) is 2. The van der Waals surface area contributed by atoms with Crippen LogP contribution in [-0.4, -0.2) is 24.4 Å². The zero-order chi connectivity index (χ0) is 9.68. The van der Waals surface area contributed by atoms with Gasteiger partial charge in [0.05, 0.1) is 0 Å². The van der Waals surface area contributed by atoms with Gasteiger partial charge in [-0.3, -0.25) is 9.59 Å². The fourth-order valence-corrected chi connectivity index (χ4v) is 1.30. The van der Waals surface area contributed by atoms with E-state index in [1.165, 1.54) is 0 Å². The van der Waals surface area contributed by atoms with Crippen LogP contribution in [0.3, 0.4) is 0 Å². The van der Waals surface area contributed by atoms with Crippen molar-refractivity contribution in [3.8, 4) is 12.3 Å². The molecule has 1 aliphatic rings. The largest absolute Gasteiger partial charge is 0.352 e. The fourth-order valence-electron chi connectivity index (χ4n) is 1.30. The van der Waals surface area contributed by atoms with E-state index >= 15 is 0 Å². The van der Waals surface area contributed by atoms with Gasteiger partial charge in [-0.25, -0.2) is 0 Å². The van der Waals surface area contributed by atoms with Gasteiger partial charge in [0.1, 0.15) is 0 Å². The second-order valence-electron chi connectivity index (χ2n) is 3.01. The third-order valence-corrected chi connectivity index (χ3v) is 1.96. The first-order valence-corrected chi connectivity index (χ1v) is 4.26. The third-order valence-electron chi connectivity index (χ3n) is 1.96. The molecule has 0 aromatic rings. The number of terminal acetylenes is 1. The molecule has 70 valence electrons. The van der Waals surface area contributed by atoms with Crippen molar-refractivity contribution in [2.24, 2.45) is 0 Å². The number of hydrogen-bond acceptors (Lipinski definition) is 2. The minimum absolute atomic E-state index is 0.0403. The van der Waals surface area contributed by atoms with Gasteiger partial charge in [-0.2, -0.15) is 0 Å². The summed E-state index contributed by atoms with van der Waals surface area (Å²) in [5.41, 5.74) is 0. The van der Waals surface area contributed by atoms with Gasteiger partial charge < -0.3 is 10.6 Å². The van der Waals surface area contributed by atoms with Gasteiger partial charge in [-0.1, -0.05) is 0 Å². The van der Waals surface area contributed by atoms with E-state index in [-0.39, 0.29) is 11.9 Å². The molecule has 0 bridgehead atoms. The van der Waals surface area contributed by atoms with E-state index in [4.69, 9.17) is 6.42 Å². The van der Waals surface area contributed by atoms with Gasteiger partial charge in [0, 0.05) is 19.0 Å². The Labute approximate surface area is 77.1 Å². The highest BCUT2D eigenvalue weighted by molar-refractivity contribution is 5.92. The van der Waals surface area contributed by atoms with E-state index in [9.17, 15) is 9.59 Å². The minimum Gasteiger partial charge on any atom is -0.352 e. The quantitative estimate of drug-likeness (QED) is 0.558. The molecule has 2 amide bonds. The van der Waals surface area contributed by atoms with Gasteiger partial charge in [0.2, 0.25) is 5.91 Å². The van der Waals surface area contributed by atoms with Crippen LogP contribution in [0.15, 0.2) is 0 Å². The first-order chi connectivity index (χ1) is 6.22. The van der Waals surface area contributed by atoms with Gasteiger partial charge in [-0.15, -0.1) is 6.42 Å². The summed E-state index contributed by atoms with van der Waals surface area (Å²) in [6.45, 7) is 0.425. The van der Waals surface area contributed by atoms with E-state index in [0.717, 1.165) is 12.8 Å². The summed E-state index contributed by atoms with van der Waals surface area (Å²) in [5, 5.41) is 5.31. The SMILES string of the molecule is C#CC(=O)NCC1CCCC(=O)N1. The van der Waals surface area contributed by atoms with Crippen molar-refractivity contribution in [1.29, 1.82) is 0 Å². The highest BCUT2D eigenvalue weighted by Crippen LogP contribution is 2.06. The molecule has 0 spiro atoms. The summed E-state index contributed by atoms with van der Waals surface area (Å²) in [6.07, 6.45) is 7.23. The van der Waals surface area contributed by atoms with Crippen LogP contribution in [0.25, 0.3) is 0 Å². The molecule has 0 aromatic heterocycles. The first kappa shape index (κ1) is 9.59. The fraction of sp³-hybridized carbons (Fsp3) is 0.556. The molecule has 4 nitrogen and oxygen atoms in total. The van der Waals surface area contributed by atoms with Crippen molar-refractivity contribution in [3.05, 3.63) is 0 Å². The van der Waals surface area contributed by atoms with Crippen molar-refractivity contribution in [2.45, 2.75) is 25.3 Å². The van der Waals surface area contributed by atoms with Crippen LogP contribution in [0.2, 0.25) is 0 Å². The monoisotopic (exact) mass is 180 g/mol. The smallest absolute Gasteiger partial charge is 0.295 e. The van der Waals surface area contributed by atoms with Gasteiger partial charge in [0.25, 0.3) is 5.91 Å². The standard InChI is InChI=1S/C9H12N2O2/c1-2-8(12)10-6-7-4-3-5-9(13)11-7/h1,7H,3-6H2,(H,10,12)(H,11,13). The normalized spacial score (nSPS) is 21.5. The van der Waals surface area contributed by atoms with Crippen LogP contribution in [0.5, 0.6) is 0 Å². The summed E-state index contributed by atoms with van der Waals surface area (Å²) in [6, 6.07) is 0.0403. The van der Waals surface area contributed by atoms with Crippen LogP contribution < -0.4 is 10.6 Å². The molecule has 0 radical (unpaired) electrons. The number of carbonyl (C=O) groups excluding carboxylic acids is 2. The molecule has 1 fully saturated rings. The Morgan fingerprint density at radius 3 is 3.15 bits per heavy atom. The third kappa shape index (κ3) is 3.16. The van der Waals surface area contributed by atoms with Gasteiger partial charge >= 0.3 is 0 Å². The van der Waals surface area contributed by atoms with E-state index in [2.05, 4.69) is 10.6 Å². The molecule has 0 aliphatic carbocycles. The number of hydrogen-bond donors (Lipinski definition) is 2. The molecule has 1 heterocycles. The number of piperidine rings is 1. The predicted octanol–water partition coefficient (Wildman–Crippen LogP) is -0.596. The number of rotatable bonds is 2. The molecule has 13 heavy (non-hydrogen) atoms. The van der Waals surface area contributed by atoms with Crippen LogP contribution >= 0.6 is 0 Å². The molecule has 0 aromatic carbocycles. The van der Waals surface area contributed by atoms with Crippen LogP contribution in [0.4, 0.5) is 0 Å². The zero-order valence-corrected chi connectivity index (χ0v) is 7.30. The topological polar surface area (TPSA) is 58.2 Å². The molecule has 1 atom stereocenters. The molecule has 4 heteroatoms. The van der Waals surface area contributed by atoms with Crippen LogP contribution in [-0.2, 0) is 9.59 Å². The lowest BCUT2D eigenvalue weighted by molar-refractivity contribution is -0.123. The Hall–Kier alpha value is -1.50. The van der Waals surface area contributed by atoms with Crippen molar-refractivity contribution in [1.82, 2.24) is 10.6 Å². The van der Waals surface area contributed by atoms with Crippen molar-refractivity contribution in [3.63, 3.8) is 0 Å². The van der Waals surface area contributed by atoms with Crippen molar-refractivity contribution < 1.29 is 9.59 Å². The van der Waals surface area contributed by atoms with E-state index in [0.29, 0.717) is 13.0 Å². The van der Waals surface area contributed by atoms with Gasteiger partial charge in [0.15, 0.2) is 0 Å². The number of carbonyl (C=O) groups is 2. The summed E-state index contributed by atoms with van der Waals surface area (Å²) >= 11 is 0. The van der Waals surface area contributed by atoms with Crippen molar-refractivity contribution >= 4 is 11.8 Å². The molecule has 0 saturated carbocycles.